The van der Waals surface area contributed by atoms with Crippen molar-refractivity contribution in [2.45, 2.75) is 43.7 Å². The average Bonchev–Trinajstić information content (AvgIpc) is 3.28. The normalized spacial score (nSPS) is 16.1. The third-order valence-electron chi connectivity index (χ3n) is 5.81. The summed E-state index contributed by atoms with van der Waals surface area (Å²) < 4.78 is 26.9. The zero-order valence-electron chi connectivity index (χ0n) is 18.2. The van der Waals surface area contributed by atoms with Gasteiger partial charge in [-0.3, -0.25) is 9.69 Å². The molecule has 1 atom stereocenters. The molecule has 1 aliphatic rings. The number of hydrogen-bond acceptors (Lipinski definition) is 4. The Morgan fingerprint density at radius 2 is 1.77 bits per heavy atom. The summed E-state index contributed by atoms with van der Waals surface area (Å²) in [5.74, 6) is -0.380. The van der Waals surface area contributed by atoms with E-state index in [9.17, 15) is 13.2 Å². The lowest BCUT2D eigenvalue weighted by atomic mass is 10.1. The van der Waals surface area contributed by atoms with Crippen molar-refractivity contribution in [3.05, 3.63) is 64.7 Å². The molecule has 1 aliphatic heterocycles. The standard InChI is InChI=1S/C23H30ClN3O3S/c1-17(2)26(3)31(29,30)19-11-12-21(24)20(15-19)23(28)25-16-22(27-13-7-8-14-27)18-9-5-4-6-10-18/h4-6,9-12,15,17,22H,7-8,13-14,16H2,1-3H3,(H,25,28). The summed E-state index contributed by atoms with van der Waals surface area (Å²) in [6.45, 7) is 5.99. The van der Waals surface area contributed by atoms with Crippen LogP contribution in [0.3, 0.4) is 0 Å². The summed E-state index contributed by atoms with van der Waals surface area (Å²) in [7, 11) is -2.19. The number of hydrogen-bond donors (Lipinski definition) is 1. The Balaban J connectivity index is 1.81. The zero-order chi connectivity index (χ0) is 22.6. The van der Waals surface area contributed by atoms with Crippen LogP contribution < -0.4 is 5.32 Å². The van der Waals surface area contributed by atoms with Crippen LogP contribution in [0, 0.1) is 0 Å². The molecule has 2 aromatic rings. The molecule has 0 bridgehead atoms. The summed E-state index contributed by atoms with van der Waals surface area (Å²) in [6.07, 6.45) is 2.29. The second-order valence-corrected chi connectivity index (χ2v) is 10.5. The molecule has 3 rings (SSSR count). The topological polar surface area (TPSA) is 69.7 Å². The number of nitrogens with one attached hydrogen (secondary N) is 1. The number of likely N-dealkylation sites (tertiary alicyclic amines) is 1. The Morgan fingerprint density at radius 3 is 2.39 bits per heavy atom. The fourth-order valence-corrected chi connectivity index (χ4v) is 5.35. The molecule has 1 N–H and O–H groups in total. The van der Waals surface area contributed by atoms with Crippen LogP contribution in [-0.2, 0) is 10.0 Å². The van der Waals surface area contributed by atoms with Gasteiger partial charge in [-0.1, -0.05) is 41.9 Å². The lowest BCUT2D eigenvalue weighted by Crippen LogP contribution is -2.37. The lowest BCUT2D eigenvalue weighted by molar-refractivity contribution is 0.0938. The molecule has 0 aromatic heterocycles. The molecular weight excluding hydrogens is 434 g/mol. The van der Waals surface area contributed by atoms with Gasteiger partial charge in [0.2, 0.25) is 10.0 Å². The van der Waals surface area contributed by atoms with Crippen molar-refractivity contribution in [1.29, 1.82) is 0 Å². The highest BCUT2D eigenvalue weighted by atomic mass is 35.5. The predicted octanol–water partition coefficient (Wildman–Crippen LogP) is 3.94. The number of halogens is 1. The second kappa shape index (κ2) is 10.1. The van der Waals surface area contributed by atoms with Crippen molar-refractivity contribution in [2.75, 3.05) is 26.7 Å². The number of carbonyl (C=O) groups is 1. The minimum atomic E-state index is -3.71. The first kappa shape index (κ1) is 23.7. The molecule has 1 fully saturated rings. The Hall–Kier alpha value is -1.93. The van der Waals surface area contributed by atoms with Gasteiger partial charge in [0.1, 0.15) is 0 Å². The molecule has 1 amide bonds. The van der Waals surface area contributed by atoms with E-state index in [0.717, 1.165) is 31.5 Å². The molecule has 0 radical (unpaired) electrons. The molecule has 168 valence electrons. The molecule has 1 heterocycles. The van der Waals surface area contributed by atoms with Gasteiger partial charge in [0.15, 0.2) is 0 Å². The maximum atomic E-state index is 13.0. The first-order chi connectivity index (χ1) is 14.7. The van der Waals surface area contributed by atoms with E-state index in [-0.39, 0.29) is 33.5 Å². The van der Waals surface area contributed by atoms with Crippen LogP contribution in [0.5, 0.6) is 0 Å². The van der Waals surface area contributed by atoms with Crippen LogP contribution >= 0.6 is 11.6 Å². The largest absolute Gasteiger partial charge is 0.350 e. The van der Waals surface area contributed by atoms with Crippen molar-refractivity contribution < 1.29 is 13.2 Å². The lowest BCUT2D eigenvalue weighted by Gasteiger charge is -2.28. The van der Waals surface area contributed by atoms with Crippen LogP contribution in [0.2, 0.25) is 5.02 Å². The summed E-state index contributed by atoms with van der Waals surface area (Å²) in [5.41, 5.74) is 1.30. The molecule has 2 aromatic carbocycles. The number of benzene rings is 2. The highest BCUT2D eigenvalue weighted by molar-refractivity contribution is 7.89. The first-order valence-electron chi connectivity index (χ1n) is 10.6. The van der Waals surface area contributed by atoms with Gasteiger partial charge in [-0.05, 0) is 63.5 Å². The van der Waals surface area contributed by atoms with E-state index in [1.165, 1.54) is 29.6 Å². The zero-order valence-corrected chi connectivity index (χ0v) is 19.8. The molecule has 1 saturated heterocycles. The van der Waals surface area contributed by atoms with Crippen molar-refractivity contribution in [3.63, 3.8) is 0 Å². The summed E-state index contributed by atoms with van der Waals surface area (Å²) in [5, 5.41) is 3.20. The SMILES string of the molecule is CC(C)N(C)S(=O)(=O)c1ccc(Cl)c(C(=O)NCC(c2ccccc2)N2CCCC2)c1. The van der Waals surface area contributed by atoms with Crippen molar-refractivity contribution in [1.82, 2.24) is 14.5 Å². The van der Waals surface area contributed by atoms with Gasteiger partial charge in [-0.2, -0.15) is 4.31 Å². The van der Waals surface area contributed by atoms with Crippen molar-refractivity contribution in [3.8, 4) is 0 Å². The molecule has 8 heteroatoms. The number of carbonyl (C=O) groups excluding carboxylic acids is 1. The van der Waals surface area contributed by atoms with Crippen LogP contribution in [0.4, 0.5) is 0 Å². The maximum absolute atomic E-state index is 13.0. The molecule has 6 nitrogen and oxygen atoms in total. The van der Waals surface area contributed by atoms with Crippen molar-refractivity contribution >= 4 is 27.5 Å². The van der Waals surface area contributed by atoms with Gasteiger partial charge >= 0.3 is 0 Å². The van der Waals surface area contributed by atoms with E-state index in [2.05, 4.69) is 22.3 Å². The smallest absolute Gasteiger partial charge is 0.252 e. The summed E-state index contributed by atoms with van der Waals surface area (Å²) >= 11 is 6.26. The van der Waals surface area contributed by atoms with E-state index in [1.807, 2.05) is 18.2 Å². The van der Waals surface area contributed by atoms with Gasteiger partial charge < -0.3 is 5.32 Å². The minimum Gasteiger partial charge on any atom is -0.350 e. The summed E-state index contributed by atoms with van der Waals surface area (Å²) in [4.78, 5) is 15.4. The minimum absolute atomic E-state index is 0.0532. The third kappa shape index (κ3) is 5.47. The van der Waals surface area contributed by atoms with E-state index < -0.39 is 10.0 Å². The van der Waals surface area contributed by atoms with Crippen molar-refractivity contribution in [2.24, 2.45) is 0 Å². The average molecular weight is 464 g/mol. The second-order valence-electron chi connectivity index (χ2n) is 8.14. The molecule has 31 heavy (non-hydrogen) atoms. The highest BCUT2D eigenvalue weighted by Gasteiger charge is 2.27. The van der Waals surface area contributed by atoms with Crippen LogP contribution in [-0.4, -0.2) is 56.3 Å². The Morgan fingerprint density at radius 1 is 1.13 bits per heavy atom. The fourth-order valence-electron chi connectivity index (χ4n) is 3.75. The number of rotatable bonds is 8. The molecular formula is C23H30ClN3O3S. The van der Waals surface area contributed by atoms with E-state index >= 15 is 0 Å². The van der Waals surface area contributed by atoms with Gasteiger partial charge in [-0.15, -0.1) is 0 Å². The third-order valence-corrected chi connectivity index (χ3v) is 8.17. The molecule has 0 saturated carbocycles. The first-order valence-corrected chi connectivity index (χ1v) is 12.4. The molecule has 1 unspecified atom stereocenters. The quantitative estimate of drug-likeness (QED) is 0.643. The number of nitrogens with zero attached hydrogens (tertiary/aromatic N) is 2. The predicted molar refractivity (Wildman–Crippen MR) is 124 cm³/mol. The maximum Gasteiger partial charge on any atom is 0.252 e. The Kier molecular flexibility index (Phi) is 7.75. The summed E-state index contributed by atoms with van der Waals surface area (Å²) in [6, 6.07) is 14.2. The number of amides is 1. The monoisotopic (exact) mass is 463 g/mol. The van der Waals surface area contributed by atoms with Gasteiger partial charge in [0.25, 0.3) is 5.91 Å². The van der Waals surface area contributed by atoms with E-state index in [4.69, 9.17) is 11.6 Å². The van der Waals surface area contributed by atoms with E-state index in [1.54, 1.807) is 13.8 Å². The Bertz CT molecular complexity index is 1010. The van der Waals surface area contributed by atoms with Crippen LogP contribution in [0.25, 0.3) is 0 Å². The highest BCUT2D eigenvalue weighted by Crippen LogP contribution is 2.26. The molecule has 0 spiro atoms. The van der Waals surface area contributed by atoms with Gasteiger partial charge in [0.05, 0.1) is 21.5 Å². The molecule has 0 aliphatic carbocycles. The van der Waals surface area contributed by atoms with Crippen LogP contribution in [0.15, 0.2) is 53.4 Å². The van der Waals surface area contributed by atoms with Gasteiger partial charge in [-0.25, -0.2) is 8.42 Å². The Labute approximate surface area is 190 Å². The van der Waals surface area contributed by atoms with Gasteiger partial charge in [0, 0.05) is 19.6 Å². The number of sulfonamides is 1. The fraction of sp³-hybridized carbons (Fsp3) is 0.435. The van der Waals surface area contributed by atoms with Crippen LogP contribution in [0.1, 0.15) is 48.7 Å². The van der Waals surface area contributed by atoms with E-state index in [0.29, 0.717) is 6.54 Å².